The average molecular weight is 207 g/mol. The van der Waals surface area contributed by atoms with E-state index in [1.54, 1.807) is 12.1 Å². The largest absolute Gasteiger partial charge is 0.508 e. The molecule has 0 saturated heterocycles. The third-order valence-corrected chi connectivity index (χ3v) is 2.69. The molecule has 0 amide bonds. The lowest BCUT2D eigenvalue weighted by atomic mass is 10.1. The highest BCUT2D eigenvalue weighted by molar-refractivity contribution is 5.27. The lowest BCUT2D eigenvalue weighted by molar-refractivity contribution is 0.233. The van der Waals surface area contributed by atoms with Gasteiger partial charge in [-0.05, 0) is 37.6 Å². The van der Waals surface area contributed by atoms with Gasteiger partial charge in [-0.1, -0.05) is 26.0 Å². The van der Waals surface area contributed by atoms with Crippen LogP contribution in [0.3, 0.4) is 0 Å². The van der Waals surface area contributed by atoms with Crippen molar-refractivity contribution in [3.8, 4) is 5.75 Å². The summed E-state index contributed by atoms with van der Waals surface area (Å²) in [6, 6.07) is 7.85. The number of nitrogens with zero attached hydrogens (tertiary/aromatic N) is 1. The van der Waals surface area contributed by atoms with E-state index in [0.717, 1.165) is 6.54 Å². The molecule has 0 saturated carbocycles. The smallest absolute Gasteiger partial charge is 0.115 e. The predicted octanol–water partition coefficient (Wildman–Crippen LogP) is 3.04. The zero-order chi connectivity index (χ0) is 11.4. The number of rotatable bonds is 4. The summed E-state index contributed by atoms with van der Waals surface area (Å²) < 4.78 is 0. The molecule has 0 aliphatic heterocycles. The molecule has 1 aromatic carbocycles. The van der Waals surface area contributed by atoms with Crippen LogP contribution < -0.4 is 0 Å². The van der Waals surface area contributed by atoms with Gasteiger partial charge in [0.15, 0.2) is 0 Å². The maximum atomic E-state index is 9.21. The molecule has 2 nitrogen and oxygen atoms in total. The van der Waals surface area contributed by atoms with Gasteiger partial charge in [0.05, 0.1) is 0 Å². The van der Waals surface area contributed by atoms with Gasteiger partial charge in [0, 0.05) is 12.6 Å². The molecule has 1 aromatic rings. The van der Waals surface area contributed by atoms with Gasteiger partial charge in [-0.3, -0.25) is 4.90 Å². The number of benzene rings is 1. The molecular formula is C13H21NO. The molecule has 0 aliphatic carbocycles. The molecule has 1 rings (SSSR count). The van der Waals surface area contributed by atoms with E-state index in [-0.39, 0.29) is 0 Å². The Bertz CT molecular complexity index is 292. The topological polar surface area (TPSA) is 23.5 Å². The van der Waals surface area contributed by atoms with Crippen LogP contribution in [0.15, 0.2) is 24.3 Å². The second-order valence-electron chi connectivity index (χ2n) is 4.60. The van der Waals surface area contributed by atoms with Gasteiger partial charge in [-0.2, -0.15) is 0 Å². The van der Waals surface area contributed by atoms with Crippen molar-refractivity contribution in [2.75, 3.05) is 13.6 Å². The number of hydrogen-bond donors (Lipinski definition) is 1. The van der Waals surface area contributed by atoms with Gasteiger partial charge >= 0.3 is 0 Å². The van der Waals surface area contributed by atoms with Gasteiger partial charge in [-0.15, -0.1) is 0 Å². The van der Waals surface area contributed by atoms with Crippen LogP contribution in [0.5, 0.6) is 5.75 Å². The first-order chi connectivity index (χ1) is 7.00. The average Bonchev–Trinajstić information content (AvgIpc) is 2.17. The lowest BCUT2D eigenvalue weighted by Crippen LogP contribution is -2.26. The summed E-state index contributed by atoms with van der Waals surface area (Å²) >= 11 is 0. The van der Waals surface area contributed by atoms with E-state index in [1.807, 2.05) is 12.1 Å². The number of phenolic OH excluding ortho intramolecular Hbond substituents is 1. The SMILES string of the molecule is CC(C)CN(C)C(C)c1ccc(O)cc1. The summed E-state index contributed by atoms with van der Waals surface area (Å²) in [6.45, 7) is 7.72. The fraction of sp³-hybridized carbons (Fsp3) is 0.538. The first kappa shape index (κ1) is 12.1. The van der Waals surface area contributed by atoms with Crippen molar-refractivity contribution in [1.82, 2.24) is 4.90 Å². The molecular weight excluding hydrogens is 186 g/mol. The zero-order valence-electron chi connectivity index (χ0n) is 10.1. The van der Waals surface area contributed by atoms with E-state index in [2.05, 4.69) is 32.7 Å². The normalized spacial score (nSPS) is 13.5. The van der Waals surface area contributed by atoms with Crippen molar-refractivity contribution in [3.63, 3.8) is 0 Å². The van der Waals surface area contributed by atoms with Crippen LogP contribution in [0.2, 0.25) is 0 Å². The molecule has 0 heterocycles. The fourth-order valence-corrected chi connectivity index (χ4v) is 1.74. The number of aromatic hydroxyl groups is 1. The van der Waals surface area contributed by atoms with E-state index in [9.17, 15) is 5.11 Å². The zero-order valence-corrected chi connectivity index (χ0v) is 10.1. The highest BCUT2D eigenvalue weighted by Crippen LogP contribution is 2.21. The Morgan fingerprint density at radius 3 is 2.13 bits per heavy atom. The fourth-order valence-electron chi connectivity index (χ4n) is 1.74. The Labute approximate surface area is 92.5 Å². The summed E-state index contributed by atoms with van der Waals surface area (Å²) in [7, 11) is 2.14. The summed E-state index contributed by atoms with van der Waals surface area (Å²) in [5.41, 5.74) is 1.25. The van der Waals surface area contributed by atoms with Crippen LogP contribution in [0.1, 0.15) is 32.4 Å². The third-order valence-electron chi connectivity index (χ3n) is 2.69. The molecule has 2 heteroatoms. The van der Waals surface area contributed by atoms with Crippen LogP contribution in [-0.4, -0.2) is 23.6 Å². The highest BCUT2D eigenvalue weighted by atomic mass is 16.3. The monoisotopic (exact) mass is 207 g/mol. The molecule has 0 aliphatic rings. The Morgan fingerprint density at radius 2 is 1.67 bits per heavy atom. The maximum absolute atomic E-state index is 9.21. The molecule has 1 N–H and O–H groups in total. The van der Waals surface area contributed by atoms with Crippen LogP contribution in [0.25, 0.3) is 0 Å². The number of hydrogen-bond acceptors (Lipinski definition) is 2. The first-order valence-corrected chi connectivity index (χ1v) is 5.50. The van der Waals surface area contributed by atoms with Crippen molar-refractivity contribution < 1.29 is 5.11 Å². The highest BCUT2D eigenvalue weighted by Gasteiger charge is 2.12. The lowest BCUT2D eigenvalue weighted by Gasteiger charge is -2.26. The number of phenols is 1. The molecule has 15 heavy (non-hydrogen) atoms. The molecule has 0 aromatic heterocycles. The molecule has 0 bridgehead atoms. The Morgan fingerprint density at radius 1 is 1.13 bits per heavy atom. The summed E-state index contributed by atoms with van der Waals surface area (Å²) in [5, 5.41) is 9.21. The van der Waals surface area contributed by atoms with Crippen molar-refractivity contribution in [1.29, 1.82) is 0 Å². The van der Waals surface area contributed by atoms with Crippen LogP contribution in [0, 0.1) is 5.92 Å². The van der Waals surface area contributed by atoms with E-state index < -0.39 is 0 Å². The van der Waals surface area contributed by atoms with Crippen molar-refractivity contribution in [2.45, 2.75) is 26.8 Å². The second kappa shape index (κ2) is 5.17. The van der Waals surface area contributed by atoms with Gasteiger partial charge in [0.1, 0.15) is 5.75 Å². The third kappa shape index (κ3) is 3.56. The van der Waals surface area contributed by atoms with Gasteiger partial charge < -0.3 is 5.11 Å². The van der Waals surface area contributed by atoms with Gasteiger partial charge in [-0.25, -0.2) is 0 Å². The molecule has 0 radical (unpaired) electrons. The van der Waals surface area contributed by atoms with Crippen molar-refractivity contribution >= 4 is 0 Å². The van der Waals surface area contributed by atoms with Crippen LogP contribution in [-0.2, 0) is 0 Å². The molecule has 0 spiro atoms. The standard InChI is InChI=1S/C13H21NO/c1-10(2)9-14(4)11(3)12-5-7-13(15)8-6-12/h5-8,10-11,15H,9H2,1-4H3. The second-order valence-corrected chi connectivity index (χ2v) is 4.60. The molecule has 0 fully saturated rings. The summed E-state index contributed by atoms with van der Waals surface area (Å²) in [4.78, 5) is 2.33. The van der Waals surface area contributed by atoms with E-state index in [1.165, 1.54) is 5.56 Å². The molecule has 1 unspecified atom stereocenters. The predicted molar refractivity (Wildman–Crippen MR) is 64.0 cm³/mol. The summed E-state index contributed by atoms with van der Waals surface area (Å²) in [5.74, 6) is 1.01. The van der Waals surface area contributed by atoms with Crippen molar-refractivity contribution in [2.24, 2.45) is 5.92 Å². The Balaban J connectivity index is 2.67. The first-order valence-electron chi connectivity index (χ1n) is 5.50. The summed E-state index contributed by atoms with van der Waals surface area (Å²) in [6.07, 6.45) is 0. The molecule has 1 atom stereocenters. The minimum absolute atomic E-state index is 0.331. The Hall–Kier alpha value is -1.02. The van der Waals surface area contributed by atoms with Gasteiger partial charge in [0.25, 0.3) is 0 Å². The maximum Gasteiger partial charge on any atom is 0.115 e. The van der Waals surface area contributed by atoms with E-state index >= 15 is 0 Å². The van der Waals surface area contributed by atoms with Crippen LogP contribution >= 0.6 is 0 Å². The van der Waals surface area contributed by atoms with Gasteiger partial charge in [0.2, 0.25) is 0 Å². The Kier molecular flexibility index (Phi) is 4.15. The van der Waals surface area contributed by atoms with Crippen LogP contribution in [0.4, 0.5) is 0 Å². The van der Waals surface area contributed by atoms with Crippen molar-refractivity contribution in [3.05, 3.63) is 29.8 Å². The minimum Gasteiger partial charge on any atom is -0.508 e. The minimum atomic E-state index is 0.331. The molecule has 84 valence electrons. The quantitative estimate of drug-likeness (QED) is 0.820. The van der Waals surface area contributed by atoms with E-state index in [4.69, 9.17) is 0 Å². The van der Waals surface area contributed by atoms with E-state index in [0.29, 0.717) is 17.7 Å².